The van der Waals surface area contributed by atoms with E-state index < -0.39 is 55.9 Å². The van der Waals surface area contributed by atoms with Crippen LogP contribution in [0, 0.1) is 0 Å². The summed E-state index contributed by atoms with van der Waals surface area (Å²) in [5.41, 5.74) is 1.41. The number of carbonyl (C=O) groups excluding carboxylic acids is 4. The van der Waals surface area contributed by atoms with Crippen molar-refractivity contribution in [2.75, 3.05) is 37.9 Å². The van der Waals surface area contributed by atoms with Crippen molar-refractivity contribution in [3.8, 4) is 0 Å². The molecule has 2 aromatic carbocycles. The van der Waals surface area contributed by atoms with Gasteiger partial charge in [-0.05, 0) is 65.5 Å². The summed E-state index contributed by atoms with van der Waals surface area (Å²) in [6, 6.07) is 15.8. The van der Waals surface area contributed by atoms with E-state index in [9.17, 15) is 29.4 Å². The van der Waals surface area contributed by atoms with Crippen LogP contribution < -0.4 is 10.6 Å². The Morgan fingerprint density at radius 1 is 0.660 bits per heavy atom. The molecule has 10 aliphatic rings. The molecule has 10 heterocycles. The Bertz CT molecular complexity index is 1890. The fourth-order valence-electron chi connectivity index (χ4n) is 9.91. The van der Waals surface area contributed by atoms with Gasteiger partial charge in [0.05, 0.1) is 24.0 Å². The highest BCUT2D eigenvalue weighted by molar-refractivity contribution is 9.10. The van der Waals surface area contributed by atoms with E-state index in [4.69, 9.17) is 0 Å². The first-order valence-electron chi connectivity index (χ1n) is 15.1. The first kappa shape index (κ1) is 29.5. The number of aliphatic hydroxyl groups excluding tert-OH is 2. The van der Waals surface area contributed by atoms with E-state index >= 15 is 0 Å². The highest BCUT2D eigenvalue weighted by Crippen LogP contribution is 2.78. The third kappa shape index (κ3) is 2.75. The zero-order valence-electron chi connectivity index (χ0n) is 25.0. The van der Waals surface area contributed by atoms with E-state index in [0.717, 1.165) is 22.5 Å². The molecule has 47 heavy (non-hydrogen) atoms. The van der Waals surface area contributed by atoms with Crippen LogP contribution in [-0.2, 0) is 30.0 Å². The predicted molar refractivity (Wildman–Crippen MR) is 183 cm³/mol. The molecule has 1 unspecified atom stereocenters. The summed E-state index contributed by atoms with van der Waals surface area (Å²) >= 11 is 0. The number of piperazine rings is 2. The number of fused-ring (bicyclic) bond motifs is 12. The first-order valence-corrected chi connectivity index (χ1v) is 20.8. The first-order chi connectivity index (χ1) is 22.6. The molecule has 244 valence electrons. The second-order valence-electron chi connectivity index (χ2n) is 13.4. The van der Waals surface area contributed by atoms with Crippen molar-refractivity contribution in [1.82, 2.24) is 19.6 Å². The van der Waals surface area contributed by atoms with E-state index in [2.05, 4.69) is 10.6 Å². The van der Waals surface area contributed by atoms with E-state index in [1.807, 2.05) is 48.5 Å². The zero-order valence-corrected chi connectivity index (χ0v) is 29.0. The van der Waals surface area contributed by atoms with Crippen LogP contribution in [0.15, 0.2) is 48.5 Å². The number of carbonyl (C=O) groups is 4. The van der Waals surface area contributed by atoms with E-state index in [-0.39, 0.29) is 36.5 Å². The second kappa shape index (κ2) is 8.84. The fraction of sp³-hybridized carbons (Fsp3) is 0.467. The van der Waals surface area contributed by atoms with Crippen molar-refractivity contribution in [1.29, 1.82) is 0 Å². The minimum atomic E-state index is -1.51. The van der Waals surface area contributed by atoms with Gasteiger partial charge in [-0.15, -0.1) is 0 Å². The average Bonchev–Trinajstić information content (AvgIpc) is 3.72. The largest absolute Gasteiger partial charge is 0.392 e. The van der Waals surface area contributed by atoms with Gasteiger partial charge in [0.2, 0.25) is 9.74 Å². The van der Waals surface area contributed by atoms with Crippen LogP contribution in [0.3, 0.4) is 0 Å². The summed E-state index contributed by atoms with van der Waals surface area (Å²) in [4.78, 5) is 59.5. The molecule has 8 saturated heterocycles. The molecule has 0 saturated carbocycles. The fourth-order valence-corrected chi connectivity index (χ4v) is 19.4. The van der Waals surface area contributed by atoms with E-state index in [0.29, 0.717) is 0 Å². The lowest BCUT2D eigenvalue weighted by atomic mass is 9.54. The number of likely N-dealkylation sites (N-methyl/N-ethyl adjacent to an activating group) is 2. The van der Waals surface area contributed by atoms with Crippen LogP contribution in [0.5, 0.6) is 0 Å². The van der Waals surface area contributed by atoms with Gasteiger partial charge in [0.25, 0.3) is 23.6 Å². The number of rotatable bonds is 3. The Morgan fingerprint density at radius 2 is 1.11 bits per heavy atom. The van der Waals surface area contributed by atoms with Crippen LogP contribution in [0.4, 0.5) is 11.4 Å². The Hall–Kier alpha value is -2.41. The third-order valence-electron chi connectivity index (χ3n) is 12.0. The molecule has 8 fully saturated rings. The lowest BCUT2D eigenvalue weighted by Gasteiger charge is -2.57. The van der Waals surface area contributed by atoms with Gasteiger partial charge in [0.15, 0.2) is 9.74 Å². The molecule has 8 atom stereocenters. The summed E-state index contributed by atoms with van der Waals surface area (Å²) < 4.78 is 0. The Balaban J connectivity index is 1.30. The van der Waals surface area contributed by atoms with Crippen LogP contribution in [-0.4, -0.2) is 113 Å². The Kier molecular flexibility index (Phi) is 5.55. The van der Waals surface area contributed by atoms with Crippen LogP contribution >= 0.6 is 53.0 Å². The number of benzene rings is 2. The molecule has 12 rings (SSSR count). The monoisotopic (exact) mass is 728 g/mol. The van der Waals surface area contributed by atoms with Gasteiger partial charge in [-0.3, -0.25) is 29.0 Å². The maximum absolute atomic E-state index is 14.9. The van der Waals surface area contributed by atoms with Crippen molar-refractivity contribution in [2.24, 2.45) is 0 Å². The number of aliphatic hydroxyl groups is 2. The summed E-state index contributed by atoms with van der Waals surface area (Å²) in [5, 5.41) is 28.8. The number of hydrogen-bond donors (Lipinski definition) is 4. The topological polar surface area (TPSA) is 146 Å². The van der Waals surface area contributed by atoms with Gasteiger partial charge in [-0.25, -0.2) is 0 Å². The highest BCUT2D eigenvalue weighted by atomic mass is 33.5. The molecule has 4 N–H and O–H groups in total. The molecule has 10 aliphatic heterocycles. The number of para-hydroxylation sites is 2. The summed E-state index contributed by atoms with van der Waals surface area (Å²) in [6.07, 6.45) is -1.06. The zero-order chi connectivity index (χ0) is 32.5. The van der Waals surface area contributed by atoms with Gasteiger partial charge < -0.3 is 30.6 Å². The van der Waals surface area contributed by atoms with E-state index in [1.165, 1.54) is 62.8 Å². The van der Waals surface area contributed by atoms with Crippen LogP contribution in [0.2, 0.25) is 0 Å². The molecule has 17 heteroatoms. The molecular formula is C30H28N6O6S5. The van der Waals surface area contributed by atoms with Crippen molar-refractivity contribution in [2.45, 2.75) is 55.5 Å². The van der Waals surface area contributed by atoms with Gasteiger partial charge in [-0.2, -0.15) is 0 Å². The minimum Gasteiger partial charge on any atom is -0.392 e. The van der Waals surface area contributed by atoms with Crippen LogP contribution in [0.25, 0.3) is 0 Å². The molecule has 0 radical (unpaired) electrons. The molecule has 2 aromatic rings. The molecule has 12 nitrogen and oxygen atoms in total. The van der Waals surface area contributed by atoms with Crippen LogP contribution in [0.1, 0.15) is 24.0 Å². The van der Waals surface area contributed by atoms with Crippen molar-refractivity contribution in [3.05, 3.63) is 59.7 Å². The minimum absolute atomic E-state index is 0.209. The third-order valence-corrected chi connectivity index (χ3v) is 20.7. The SMILES string of the molecule is CN1C(=O)[C@@]23CC4([C@]56C[C@@]78SS[C@@](CO)(C(=O)N7[C@H]5Nc5ccccc56)N(C)C8=O)c5ccccc5N[C@@H]4N2C(=O)[C@]1(CO)SSS3. The standard InChI is InChI=1S/C30H28N6O6S5/c1-33-21(39)27-11-25(15-7-3-5-9-17(15)31-19(25)35(27)23(41)29(33,13-37)44-43-27)26-12-28-22(40)34(2)30(14-38,46-47-45-28)24(42)36(28)20(26)32-18-10-6-4-8-16(18)26/h3-10,19-20,31-32,37-38H,11-14H2,1-2H3/t19-,20-,25+,26?,27+,28+,29+,30+/m1/s1. The normalized spacial score (nSPS) is 43.3. The van der Waals surface area contributed by atoms with Gasteiger partial charge in [-0.1, -0.05) is 47.2 Å². The number of nitrogens with zero attached hydrogens (tertiary/aromatic N) is 4. The average molecular weight is 729 g/mol. The quantitative estimate of drug-likeness (QED) is 0.343. The van der Waals surface area contributed by atoms with Gasteiger partial charge in [0, 0.05) is 38.3 Å². The molecule has 4 amide bonds. The molecule has 0 aliphatic carbocycles. The lowest BCUT2D eigenvalue weighted by molar-refractivity contribution is -0.166. The smallest absolute Gasteiger partial charge is 0.265 e. The predicted octanol–water partition coefficient (Wildman–Crippen LogP) is 1.98. The number of hydrogen-bond acceptors (Lipinski definition) is 13. The number of anilines is 2. The molecule has 2 spiro atoms. The summed E-state index contributed by atoms with van der Waals surface area (Å²) in [7, 11) is 9.61. The van der Waals surface area contributed by atoms with Crippen molar-refractivity contribution >= 4 is 88.0 Å². The Labute approximate surface area is 288 Å². The molecule has 4 bridgehead atoms. The summed E-state index contributed by atoms with van der Waals surface area (Å²) in [5.74, 6) is -1.21. The second-order valence-corrected chi connectivity index (χ2v) is 20.6. The number of nitrogens with one attached hydrogen (secondary N) is 2. The van der Waals surface area contributed by atoms with Gasteiger partial charge in [0.1, 0.15) is 12.3 Å². The maximum atomic E-state index is 14.9. The maximum Gasteiger partial charge on any atom is 0.265 e. The summed E-state index contributed by atoms with van der Waals surface area (Å²) in [6.45, 7) is -1.09. The number of amides is 4. The molecule has 0 aromatic heterocycles. The van der Waals surface area contributed by atoms with Crippen molar-refractivity contribution in [3.63, 3.8) is 0 Å². The molecular weight excluding hydrogens is 701 g/mol. The van der Waals surface area contributed by atoms with E-state index in [1.54, 1.807) is 23.9 Å². The Morgan fingerprint density at radius 3 is 1.60 bits per heavy atom. The lowest BCUT2D eigenvalue weighted by Crippen LogP contribution is -2.77. The highest BCUT2D eigenvalue weighted by Gasteiger charge is 2.87. The van der Waals surface area contributed by atoms with Crippen molar-refractivity contribution < 1.29 is 29.4 Å². The van der Waals surface area contributed by atoms with Gasteiger partial charge >= 0.3 is 0 Å².